The van der Waals surface area contributed by atoms with Crippen molar-refractivity contribution in [2.45, 2.75) is 0 Å². The first-order chi connectivity index (χ1) is 3.00. The molecule has 4 heteroatoms. The summed E-state index contributed by atoms with van der Waals surface area (Å²) in [5, 5.41) is 5.60. The molecule has 0 aromatic rings. The smallest absolute Gasteiger partial charge is 0.0484 e. The average Bonchev–Trinajstić information content (AvgIpc) is 1.72. The quantitative estimate of drug-likeness (QED) is 0.506. The van der Waals surface area contributed by atoms with Crippen molar-refractivity contribution < 1.29 is 0 Å². The molecule has 1 rings (SSSR count). The summed E-state index contributed by atoms with van der Waals surface area (Å²) >= 11 is 1.47. The Balaban J connectivity index is 0.000000360. The van der Waals surface area contributed by atoms with Gasteiger partial charge in [0.1, 0.15) is 0 Å². The molecule has 0 aliphatic carbocycles. The van der Waals surface area contributed by atoms with E-state index in [9.17, 15) is 0 Å². The van der Waals surface area contributed by atoms with E-state index in [4.69, 9.17) is 0 Å². The predicted octanol–water partition coefficient (Wildman–Crippen LogP) is 1.16. The molecule has 0 saturated carbocycles. The topological polar surface area (TPSA) is 24.4 Å². The van der Waals surface area contributed by atoms with Gasteiger partial charge < -0.3 is 0 Å². The van der Waals surface area contributed by atoms with Crippen molar-refractivity contribution in [2.75, 3.05) is 0 Å². The van der Waals surface area contributed by atoms with Crippen LogP contribution >= 0.6 is 24.4 Å². The van der Waals surface area contributed by atoms with Crippen LogP contribution in [0.1, 0.15) is 0 Å². The minimum atomic E-state index is 0. The zero-order valence-corrected chi connectivity index (χ0v) is 5.13. The van der Waals surface area contributed by atoms with E-state index >= 15 is 0 Å². The van der Waals surface area contributed by atoms with E-state index in [0.717, 1.165) is 0 Å². The first kappa shape index (κ1) is 6.85. The van der Waals surface area contributed by atoms with Gasteiger partial charge in [-0.05, 0) is 23.4 Å². The van der Waals surface area contributed by atoms with Crippen LogP contribution in [0.5, 0.6) is 0 Å². The third-order valence-corrected chi connectivity index (χ3v) is 0.917. The minimum Gasteiger partial charge on any atom is -0.248 e. The molecule has 0 amide bonds. The lowest BCUT2D eigenvalue weighted by Gasteiger charge is -1.92. The highest BCUT2D eigenvalue weighted by molar-refractivity contribution is 8.00. The zero-order valence-electron chi connectivity index (χ0n) is 3.50. The summed E-state index contributed by atoms with van der Waals surface area (Å²) in [5.41, 5.74) is 0. The molecular weight excluding hydrogens is 132 g/mol. The van der Waals surface area contributed by atoms with Crippen LogP contribution in [0.2, 0.25) is 0 Å². The Morgan fingerprint density at radius 2 is 2.43 bits per heavy atom. The second-order valence-corrected chi connectivity index (χ2v) is 1.51. The van der Waals surface area contributed by atoms with E-state index in [1.807, 2.05) is 11.5 Å². The molecule has 7 heavy (non-hydrogen) atoms. The number of hydrazone groups is 1. The maximum absolute atomic E-state index is 3.68. The highest BCUT2D eigenvalue weighted by atomic mass is 35.5. The monoisotopic (exact) mass is 136 g/mol. The van der Waals surface area contributed by atoms with Gasteiger partial charge in [-0.1, -0.05) is 0 Å². The molecular formula is C3H5ClN2S. The van der Waals surface area contributed by atoms with Crippen molar-refractivity contribution in [3.63, 3.8) is 0 Å². The van der Waals surface area contributed by atoms with E-state index in [2.05, 4.69) is 9.93 Å². The standard InChI is InChI=1S/C3H4N2S.ClH/c1-2-4-5-6-3-1;/h1-3,5H;1H. The van der Waals surface area contributed by atoms with E-state index in [0.29, 0.717) is 0 Å². The van der Waals surface area contributed by atoms with E-state index < -0.39 is 0 Å². The van der Waals surface area contributed by atoms with Crippen molar-refractivity contribution in [2.24, 2.45) is 5.10 Å². The molecule has 0 aromatic carbocycles. The van der Waals surface area contributed by atoms with Gasteiger partial charge in [0.25, 0.3) is 0 Å². The molecule has 0 aromatic heterocycles. The Morgan fingerprint density at radius 1 is 1.57 bits per heavy atom. The van der Waals surface area contributed by atoms with E-state index in [1.165, 1.54) is 11.9 Å². The van der Waals surface area contributed by atoms with Gasteiger partial charge in [0.05, 0.1) is 0 Å². The second-order valence-electron chi connectivity index (χ2n) is 0.816. The van der Waals surface area contributed by atoms with Crippen molar-refractivity contribution in [1.82, 2.24) is 4.83 Å². The number of rotatable bonds is 0. The Labute approximate surface area is 52.6 Å². The number of nitrogens with zero attached hydrogens (tertiary/aromatic N) is 1. The van der Waals surface area contributed by atoms with Gasteiger partial charge in [0.15, 0.2) is 0 Å². The summed E-state index contributed by atoms with van der Waals surface area (Å²) in [6.07, 6.45) is 3.58. The van der Waals surface area contributed by atoms with Gasteiger partial charge in [0, 0.05) is 6.21 Å². The molecule has 1 heterocycles. The van der Waals surface area contributed by atoms with Crippen molar-refractivity contribution in [1.29, 1.82) is 0 Å². The van der Waals surface area contributed by atoms with E-state index in [1.54, 1.807) is 6.21 Å². The maximum atomic E-state index is 3.68. The second kappa shape index (κ2) is 4.02. The van der Waals surface area contributed by atoms with Gasteiger partial charge in [-0.25, -0.2) is 4.83 Å². The predicted molar refractivity (Wildman–Crippen MR) is 35.6 cm³/mol. The molecule has 2 nitrogen and oxygen atoms in total. The molecule has 40 valence electrons. The zero-order chi connectivity index (χ0) is 4.24. The fraction of sp³-hybridized carbons (Fsp3) is 0. The summed E-state index contributed by atoms with van der Waals surface area (Å²) in [6, 6.07) is 0. The van der Waals surface area contributed by atoms with Gasteiger partial charge in [0.2, 0.25) is 0 Å². The Bertz CT molecular complexity index is 78.9. The summed E-state index contributed by atoms with van der Waals surface area (Å²) in [4.78, 5) is 2.68. The van der Waals surface area contributed by atoms with Crippen LogP contribution in [0.15, 0.2) is 16.6 Å². The van der Waals surface area contributed by atoms with Crippen LogP contribution in [0.3, 0.4) is 0 Å². The number of halogens is 1. The van der Waals surface area contributed by atoms with Gasteiger partial charge >= 0.3 is 0 Å². The molecule has 0 fully saturated rings. The number of hydrogen-bond acceptors (Lipinski definition) is 3. The molecule has 0 unspecified atom stereocenters. The maximum Gasteiger partial charge on any atom is 0.0484 e. The van der Waals surface area contributed by atoms with Crippen molar-refractivity contribution in [3.05, 3.63) is 11.5 Å². The molecule has 0 bridgehead atoms. The Kier molecular flexibility index (Phi) is 3.93. The summed E-state index contributed by atoms with van der Waals surface area (Å²) in [7, 11) is 0. The highest BCUT2D eigenvalue weighted by Crippen LogP contribution is 1.95. The van der Waals surface area contributed by atoms with Crippen LogP contribution in [0.4, 0.5) is 0 Å². The SMILES string of the molecule is C1=CSNN=C1.Cl. The fourth-order valence-electron chi connectivity index (χ4n) is 0.209. The molecule has 0 saturated heterocycles. The van der Waals surface area contributed by atoms with Gasteiger partial charge in [-0.2, -0.15) is 5.10 Å². The van der Waals surface area contributed by atoms with Crippen LogP contribution in [-0.2, 0) is 0 Å². The van der Waals surface area contributed by atoms with Crippen LogP contribution in [-0.4, -0.2) is 6.21 Å². The lowest BCUT2D eigenvalue weighted by molar-refractivity contribution is 1.13. The highest BCUT2D eigenvalue weighted by Gasteiger charge is 1.75. The van der Waals surface area contributed by atoms with Gasteiger partial charge in [-0.15, -0.1) is 12.4 Å². The first-order valence-electron chi connectivity index (χ1n) is 1.59. The van der Waals surface area contributed by atoms with E-state index in [-0.39, 0.29) is 12.4 Å². The Hall–Kier alpha value is -0.150. The van der Waals surface area contributed by atoms with Crippen LogP contribution in [0, 0.1) is 0 Å². The molecule has 0 spiro atoms. The normalized spacial score (nSPS) is 14.9. The number of allylic oxidation sites excluding steroid dienone is 1. The largest absolute Gasteiger partial charge is 0.248 e. The van der Waals surface area contributed by atoms with Crippen LogP contribution in [0.25, 0.3) is 0 Å². The summed E-state index contributed by atoms with van der Waals surface area (Å²) in [5.74, 6) is 0. The lowest BCUT2D eigenvalue weighted by atomic mass is 10.7. The third kappa shape index (κ3) is 2.53. The fourth-order valence-corrected chi connectivity index (χ4v) is 0.540. The minimum absolute atomic E-state index is 0. The molecule has 1 aliphatic heterocycles. The third-order valence-electron chi connectivity index (χ3n) is 0.413. The number of nitrogens with one attached hydrogen (secondary N) is 1. The Morgan fingerprint density at radius 3 is 2.57 bits per heavy atom. The summed E-state index contributed by atoms with van der Waals surface area (Å²) in [6.45, 7) is 0. The average molecular weight is 137 g/mol. The lowest BCUT2D eigenvalue weighted by Crippen LogP contribution is -1.91. The summed E-state index contributed by atoms with van der Waals surface area (Å²) < 4.78 is 0. The van der Waals surface area contributed by atoms with Crippen LogP contribution < -0.4 is 4.83 Å². The molecule has 0 radical (unpaired) electrons. The van der Waals surface area contributed by atoms with Crippen molar-refractivity contribution in [3.8, 4) is 0 Å². The molecule has 1 N–H and O–H groups in total. The van der Waals surface area contributed by atoms with Gasteiger partial charge in [-0.3, -0.25) is 0 Å². The number of hydrogen-bond donors (Lipinski definition) is 1. The molecule has 1 aliphatic rings. The van der Waals surface area contributed by atoms with Crippen molar-refractivity contribution >= 4 is 30.6 Å². The first-order valence-corrected chi connectivity index (χ1v) is 2.47. The molecule has 0 atom stereocenters.